The Morgan fingerprint density at radius 3 is 2.72 bits per heavy atom. The number of carboxylic acid groups (broad SMARTS) is 1. The summed E-state index contributed by atoms with van der Waals surface area (Å²) in [5, 5.41) is 14.4. The summed E-state index contributed by atoms with van der Waals surface area (Å²) in [5.74, 6) is -1.01. The van der Waals surface area contributed by atoms with Crippen molar-refractivity contribution >= 4 is 12.0 Å². The Labute approximate surface area is 107 Å². The molecule has 104 valence electrons. The number of amides is 2. The number of carboxylic acids is 1. The molecule has 6 nitrogen and oxygen atoms in total. The van der Waals surface area contributed by atoms with Crippen molar-refractivity contribution < 1.29 is 19.4 Å². The molecule has 2 atom stereocenters. The maximum atomic E-state index is 11.8. The number of ether oxygens (including phenoxy) is 1. The Balaban J connectivity index is 2.48. The molecule has 3 N–H and O–H groups in total. The Morgan fingerprint density at radius 2 is 2.22 bits per heavy atom. The zero-order valence-corrected chi connectivity index (χ0v) is 11.0. The molecule has 6 heteroatoms. The van der Waals surface area contributed by atoms with Gasteiger partial charge in [0.05, 0.1) is 12.6 Å². The van der Waals surface area contributed by atoms with E-state index < -0.39 is 17.5 Å². The first-order valence-electron chi connectivity index (χ1n) is 6.38. The lowest BCUT2D eigenvalue weighted by Gasteiger charge is -2.28. The number of nitrogens with one attached hydrogen (secondary N) is 2. The third-order valence-corrected chi connectivity index (χ3v) is 3.11. The molecule has 1 heterocycles. The van der Waals surface area contributed by atoms with E-state index in [1.807, 2.05) is 6.92 Å². The molecule has 1 saturated heterocycles. The predicted molar refractivity (Wildman–Crippen MR) is 66.5 cm³/mol. The molecular formula is C12H22N2O4. The Kier molecular flexibility index (Phi) is 5.40. The maximum absolute atomic E-state index is 11.8. The minimum atomic E-state index is -1.21. The van der Waals surface area contributed by atoms with Crippen molar-refractivity contribution in [2.24, 2.45) is 0 Å². The van der Waals surface area contributed by atoms with Crippen LogP contribution in [0, 0.1) is 0 Å². The van der Waals surface area contributed by atoms with Crippen molar-refractivity contribution in [3.8, 4) is 0 Å². The number of hydrogen-bond acceptors (Lipinski definition) is 3. The van der Waals surface area contributed by atoms with Crippen molar-refractivity contribution in [3.63, 3.8) is 0 Å². The number of carbonyl (C=O) groups excluding carboxylic acids is 1. The summed E-state index contributed by atoms with van der Waals surface area (Å²) < 4.78 is 5.25. The largest absolute Gasteiger partial charge is 0.480 e. The molecule has 18 heavy (non-hydrogen) atoms. The van der Waals surface area contributed by atoms with Gasteiger partial charge < -0.3 is 20.5 Å². The molecule has 1 aliphatic rings. The molecule has 0 spiro atoms. The lowest BCUT2D eigenvalue weighted by atomic mass is 9.96. The molecule has 2 unspecified atom stereocenters. The molecule has 0 aromatic rings. The van der Waals surface area contributed by atoms with Crippen LogP contribution in [0.3, 0.4) is 0 Å². The SMILES string of the molecule is CCCC(C)(NC(=O)NC1CCCOC1)C(=O)O. The lowest BCUT2D eigenvalue weighted by molar-refractivity contribution is -0.144. The fourth-order valence-corrected chi connectivity index (χ4v) is 2.05. The lowest BCUT2D eigenvalue weighted by Crippen LogP contribution is -2.57. The monoisotopic (exact) mass is 258 g/mol. The molecule has 0 radical (unpaired) electrons. The van der Waals surface area contributed by atoms with Crippen LogP contribution in [0.5, 0.6) is 0 Å². The second kappa shape index (κ2) is 6.58. The van der Waals surface area contributed by atoms with E-state index in [1.165, 1.54) is 6.92 Å². The molecule has 2 amide bonds. The summed E-state index contributed by atoms with van der Waals surface area (Å²) in [5.41, 5.74) is -1.21. The topological polar surface area (TPSA) is 87.7 Å². The summed E-state index contributed by atoms with van der Waals surface area (Å²) >= 11 is 0. The fourth-order valence-electron chi connectivity index (χ4n) is 2.05. The van der Waals surface area contributed by atoms with Crippen LogP contribution >= 0.6 is 0 Å². The van der Waals surface area contributed by atoms with Gasteiger partial charge in [0.2, 0.25) is 0 Å². The van der Waals surface area contributed by atoms with E-state index in [0.29, 0.717) is 19.4 Å². The van der Waals surface area contributed by atoms with Crippen molar-refractivity contribution in [2.75, 3.05) is 13.2 Å². The molecule has 0 aromatic carbocycles. The number of hydrogen-bond donors (Lipinski definition) is 3. The first-order chi connectivity index (χ1) is 8.48. The molecule has 1 aliphatic heterocycles. The Bertz CT molecular complexity index is 302. The van der Waals surface area contributed by atoms with E-state index in [2.05, 4.69) is 10.6 Å². The van der Waals surface area contributed by atoms with Crippen LogP contribution in [-0.2, 0) is 9.53 Å². The van der Waals surface area contributed by atoms with Gasteiger partial charge >= 0.3 is 12.0 Å². The normalized spacial score (nSPS) is 22.9. The first-order valence-corrected chi connectivity index (χ1v) is 6.38. The van der Waals surface area contributed by atoms with Gasteiger partial charge in [-0.3, -0.25) is 0 Å². The smallest absolute Gasteiger partial charge is 0.329 e. The standard InChI is InChI=1S/C12H22N2O4/c1-3-6-12(2,10(15)16)14-11(17)13-9-5-4-7-18-8-9/h9H,3-8H2,1-2H3,(H,15,16)(H2,13,14,17). The summed E-state index contributed by atoms with van der Waals surface area (Å²) in [6.07, 6.45) is 2.87. The highest BCUT2D eigenvalue weighted by Gasteiger charge is 2.34. The summed E-state index contributed by atoms with van der Waals surface area (Å²) in [7, 11) is 0. The summed E-state index contributed by atoms with van der Waals surface area (Å²) in [4.78, 5) is 22.9. The summed E-state index contributed by atoms with van der Waals surface area (Å²) in [6.45, 7) is 4.62. The van der Waals surface area contributed by atoms with E-state index in [4.69, 9.17) is 9.84 Å². The van der Waals surface area contributed by atoms with Gasteiger partial charge in [-0.25, -0.2) is 9.59 Å². The molecular weight excluding hydrogens is 236 g/mol. The molecule has 1 fully saturated rings. The zero-order chi connectivity index (χ0) is 13.6. The van der Waals surface area contributed by atoms with Crippen molar-refractivity contribution in [2.45, 2.75) is 51.1 Å². The average Bonchev–Trinajstić information content (AvgIpc) is 2.30. The Hall–Kier alpha value is -1.30. The van der Waals surface area contributed by atoms with Gasteiger partial charge in [-0.1, -0.05) is 13.3 Å². The highest BCUT2D eigenvalue weighted by atomic mass is 16.5. The van der Waals surface area contributed by atoms with E-state index >= 15 is 0 Å². The van der Waals surface area contributed by atoms with E-state index in [-0.39, 0.29) is 6.04 Å². The second-order valence-electron chi connectivity index (χ2n) is 4.90. The van der Waals surface area contributed by atoms with Gasteiger partial charge in [-0.15, -0.1) is 0 Å². The highest BCUT2D eigenvalue weighted by molar-refractivity contribution is 5.85. The number of carbonyl (C=O) groups is 2. The molecule has 0 aliphatic carbocycles. The summed E-state index contributed by atoms with van der Waals surface area (Å²) in [6, 6.07) is -0.470. The Morgan fingerprint density at radius 1 is 1.50 bits per heavy atom. The van der Waals surface area contributed by atoms with E-state index in [1.54, 1.807) is 0 Å². The van der Waals surface area contributed by atoms with Gasteiger partial charge in [-0.05, 0) is 26.2 Å². The third kappa shape index (κ3) is 4.18. The van der Waals surface area contributed by atoms with Crippen molar-refractivity contribution in [1.29, 1.82) is 0 Å². The van der Waals surface area contributed by atoms with Crippen LogP contribution in [0.2, 0.25) is 0 Å². The maximum Gasteiger partial charge on any atom is 0.329 e. The van der Waals surface area contributed by atoms with Crippen LogP contribution in [0.15, 0.2) is 0 Å². The minimum absolute atomic E-state index is 0.0292. The average molecular weight is 258 g/mol. The van der Waals surface area contributed by atoms with Crippen LogP contribution in [-0.4, -0.2) is 41.9 Å². The first kappa shape index (κ1) is 14.8. The van der Waals surface area contributed by atoms with Crippen molar-refractivity contribution in [3.05, 3.63) is 0 Å². The van der Waals surface area contributed by atoms with Crippen LogP contribution in [0.4, 0.5) is 4.79 Å². The number of urea groups is 1. The fraction of sp³-hybridized carbons (Fsp3) is 0.833. The van der Waals surface area contributed by atoms with Gasteiger partial charge in [0.15, 0.2) is 0 Å². The number of aliphatic carboxylic acids is 1. The van der Waals surface area contributed by atoms with Crippen LogP contribution in [0.1, 0.15) is 39.5 Å². The quantitative estimate of drug-likeness (QED) is 0.689. The van der Waals surface area contributed by atoms with E-state index in [0.717, 1.165) is 19.4 Å². The zero-order valence-electron chi connectivity index (χ0n) is 11.0. The van der Waals surface area contributed by atoms with Gasteiger partial charge in [-0.2, -0.15) is 0 Å². The molecule has 0 saturated carbocycles. The van der Waals surface area contributed by atoms with Gasteiger partial charge in [0.25, 0.3) is 0 Å². The van der Waals surface area contributed by atoms with Gasteiger partial charge in [0.1, 0.15) is 5.54 Å². The highest BCUT2D eigenvalue weighted by Crippen LogP contribution is 2.13. The predicted octanol–water partition coefficient (Wildman–Crippen LogP) is 1.11. The third-order valence-electron chi connectivity index (χ3n) is 3.11. The minimum Gasteiger partial charge on any atom is -0.480 e. The van der Waals surface area contributed by atoms with Gasteiger partial charge in [0, 0.05) is 6.61 Å². The van der Waals surface area contributed by atoms with E-state index in [9.17, 15) is 9.59 Å². The van der Waals surface area contributed by atoms with Crippen LogP contribution in [0.25, 0.3) is 0 Å². The van der Waals surface area contributed by atoms with Crippen molar-refractivity contribution in [1.82, 2.24) is 10.6 Å². The molecule has 0 aromatic heterocycles. The number of rotatable bonds is 5. The molecule has 0 bridgehead atoms. The van der Waals surface area contributed by atoms with Crippen LogP contribution < -0.4 is 10.6 Å². The second-order valence-corrected chi connectivity index (χ2v) is 4.90. The molecule has 1 rings (SSSR count).